The van der Waals surface area contributed by atoms with Gasteiger partial charge in [-0.2, -0.15) is 0 Å². The molecule has 2 rings (SSSR count). The summed E-state index contributed by atoms with van der Waals surface area (Å²) in [7, 11) is 0. The molecule has 1 aliphatic rings. The summed E-state index contributed by atoms with van der Waals surface area (Å²) in [4.78, 5) is 22.9. The van der Waals surface area contributed by atoms with E-state index in [1.165, 1.54) is 12.8 Å². The van der Waals surface area contributed by atoms with Gasteiger partial charge in [-0.3, -0.25) is 14.7 Å². The Morgan fingerprint density at radius 3 is 2.67 bits per heavy atom. The van der Waals surface area contributed by atoms with E-state index in [4.69, 9.17) is 5.11 Å². The highest BCUT2D eigenvalue weighted by Gasteiger charge is 2.22. The summed E-state index contributed by atoms with van der Waals surface area (Å²) in [5, 5.41) is 11.9. The van der Waals surface area contributed by atoms with Crippen molar-refractivity contribution in [3.8, 4) is 0 Å². The van der Waals surface area contributed by atoms with Crippen LogP contribution in [0.25, 0.3) is 0 Å². The van der Waals surface area contributed by atoms with Gasteiger partial charge in [0.15, 0.2) is 0 Å². The van der Waals surface area contributed by atoms with Crippen LogP contribution in [0.3, 0.4) is 0 Å². The lowest BCUT2D eigenvalue weighted by molar-refractivity contribution is -0.136. The van der Waals surface area contributed by atoms with Crippen molar-refractivity contribution in [3.05, 3.63) is 21.6 Å². The summed E-state index contributed by atoms with van der Waals surface area (Å²) in [5.41, 5.74) is 1.54. The molecule has 100 valence electrons. The Kier molecular flexibility index (Phi) is 3.89. The number of carboxylic acid groups (broad SMARTS) is 1. The van der Waals surface area contributed by atoms with Crippen molar-refractivity contribution in [2.45, 2.75) is 57.9 Å². The minimum Gasteiger partial charge on any atom is -0.481 e. The normalized spacial score (nSPS) is 16.3. The van der Waals surface area contributed by atoms with Crippen LogP contribution in [-0.2, 0) is 17.6 Å². The number of aryl methyl sites for hydroxylation is 1. The molecule has 0 aromatic carbocycles. The van der Waals surface area contributed by atoms with Crippen molar-refractivity contribution in [3.63, 3.8) is 0 Å². The molecule has 1 heterocycles. The number of carbonyl (C=O) groups is 1. The molecule has 1 aliphatic carbocycles. The zero-order valence-corrected chi connectivity index (χ0v) is 10.7. The van der Waals surface area contributed by atoms with Gasteiger partial charge in [0.25, 0.3) is 5.56 Å². The molecule has 0 spiro atoms. The highest BCUT2D eigenvalue weighted by atomic mass is 16.4. The number of H-pyrrole nitrogens is 1. The van der Waals surface area contributed by atoms with E-state index in [1.54, 1.807) is 4.68 Å². The summed E-state index contributed by atoms with van der Waals surface area (Å²) in [6, 6.07) is 0.279. The van der Waals surface area contributed by atoms with Gasteiger partial charge in [-0.05, 0) is 25.7 Å². The van der Waals surface area contributed by atoms with E-state index < -0.39 is 5.97 Å². The van der Waals surface area contributed by atoms with Crippen molar-refractivity contribution in [1.29, 1.82) is 0 Å². The average molecular weight is 252 g/mol. The molecule has 0 bridgehead atoms. The first kappa shape index (κ1) is 12.9. The van der Waals surface area contributed by atoms with Crippen LogP contribution < -0.4 is 5.56 Å². The van der Waals surface area contributed by atoms with Crippen LogP contribution in [0.4, 0.5) is 0 Å². The third-order valence-corrected chi connectivity index (χ3v) is 3.73. The van der Waals surface area contributed by atoms with Gasteiger partial charge in [-0.1, -0.05) is 19.8 Å². The molecule has 0 saturated heterocycles. The predicted octanol–water partition coefficient (Wildman–Crippen LogP) is 1.87. The van der Waals surface area contributed by atoms with Crippen molar-refractivity contribution in [1.82, 2.24) is 9.78 Å². The molecule has 2 N–H and O–H groups in total. The van der Waals surface area contributed by atoms with Gasteiger partial charge in [-0.25, -0.2) is 4.68 Å². The topological polar surface area (TPSA) is 75.1 Å². The Hall–Kier alpha value is -1.52. The molecule has 18 heavy (non-hydrogen) atoms. The standard InChI is InChI=1S/C13H20N2O3/c1-2-11-10(7-8-12(16)17)13(18)15(14-11)9-5-3-4-6-9/h9,14H,2-8H2,1H3,(H,16,17). The zero-order chi connectivity index (χ0) is 13.1. The molecular formula is C13H20N2O3. The maximum Gasteiger partial charge on any atom is 0.303 e. The molecule has 0 atom stereocenters. The van der Waals surface area contributed by atoms with E-state index >= 15 is 0 Å². The molecule has 0 radical (unpaired) electrons. The first-order valence-electron chi connectivity index (χ1n) is 6.67. The summed E-state index contributed by atoms with van der Waals surface area (Å²) < 4.78 is 1.73. The van der Waals surface area contributed by atoms with Crippen molar-refractivity contribution < 1.29 is 9.90 Å². The Bertz CT molecular complexity index is 481. The average Bonchev–Trinajstić information content (AvgIpc) is 2.94. The lowest BCUT2D eigenvalue weighted by Crippen LogP contribution is -2.22. The number of aliphatic carboxylic acids is 1. The molecule has 5 nitrogen and oxygen atoms in total. The monoisotopic (exact) mass is 252 g/mol. The minimum absolute atomic E-state index is 0.0139. The molecule has 1 saturated carbocycles. The fraction of sp³-hybridized carbons (Fsp3) is 0.692. The maximum atomic E-state index is 12.3. The second kappa shape index (κ2) is 5.42. The fourth-order valence-corrected chi connectivity index (χ4v) is 2.74. The first-order valence-corrected chi connectivity index (χ1v) is 6.67. The van der Waals surface area contributed by atoms with E-state index in [2.05, 4.69) is 5.10 Å². The molecule has 1 aromatic rings. The number of nitrogens with one attached hydrogen (secondary N) is 1. The molecule has 0 aliphatic heterocycles. The molecular weight excluding hydrogens is 232 g/mol. The van der Waals surface area contributed by atoms with Crippen molar-refractivity contribution in [2.75, 3.05) is 0 Å². The van der Waals surface area contributed by atoms with E-state index in [1.807, 2.05) is 6.92 Å². The second-order valence-corrected chi connectivity index (χ2v) is 4.93. The van der Waals surface area contributed by atoms with Crippen LogP contribution >= 0.6 is 0 Å². The van der Waals surface area contributed by atoms with Crippen molar-refractivity contribution >= 4 is 5.97 Å². The van der Waals surface area contributed by atoms with Crippen molar-refractivity contribution in [2.24, 2.45) is 0 Å². The Labute approximate surface area is 106 Å². The maximum absolute atomic E-state index is 12.3. The van der Waals surface area contributed by atoms with Crippen LogP contribution in [0.2, 0.25) is 0 Å². The number of hydrogen-bond acceptors (Lipinski definition) is 2. The van der Waals surface area contributed by atoms with E-state index in [0.29, 0.717) is 12.0 Å². The number of aromatic amines is 1. The lowest BCUT2D eigenvalue weighted by Gasteiger charge is -2.09. The van der Waals surface area contributed by atoms with Gasteiger partial charge in [0.05, 0.1) is 6.04 Å². The van der Waals surface area contributed by atoms with E-state index in [0.717, 1.165) is 25.0 Å². The van der Waals surface area contributed by atoms with Gasteiger partial charge in [-0.15, -0.1) is 0 Å². The largest absolute Gasteiger partial charge is 0.481 e. The smallest absolute Gasteiger partial charge is 0.303 e. The minimum atomic E-state index is -0.856. The van der Waals surface area contributed by atoms with E-state index in [9.17, 15) is 9.59 Å². The molecule has 1 fully saturated rings. The number of rotatable bonds is 5. The van der Waals surface area contributed by atoms with Gasteiger partial charge < -0.3 is 5.11 Å². The van der Waals surface area contributed by atoms with Crippen LogP contribution in [0.1, 0.15) is 56.3 Å². The van der Waals surface area contributed by atoms with Crippen LogP contribution in [0.5, 0.6) is 0 Å². The van der Waals surface area contributed by atoms with Gasteiger partial charge in [0, 0.05) is 17.7 Å². The van der Waals surface area contributed by atoms with Gasteiger partial charge >= 0.3 is 5.97 Å². The zero-order valence-electron chi connectivity index (χ0n) is 10.7. The summed E-state index contributed by atoms with van der Waals surface area (Å²) in [6.45, 7) is 1.98. The number of aromatic nitrogens is 2. The highest BCUT2D eigenvalue weighted by Crippen LogP contribution is 2.28. The SMILES string of the molecule is CCc1[nH]n(C2CCCC2)c(=O)c1CCC(=O)O. The fourth-order valence-electron chi connectivity index (χ4n) is 2.74. The summed E-state index contributed by atoms with van der Waals surface area (Å²) >= 11 is 0. The number of hydrogen-bond donors (Lipinski definition) is 2. The Morgan fingerprint density at radius 2 is 2.11 bits per heavy atom. The summed E-state index contributed by atoms with van der Waals surface area (Å²) in [5.74, 6) is -0.856. The second-order valence-electron chi connectivity index (χ2n) is 4.93. The molecule has 5 heteroatoms. The molecule has 0 unspecified atom stereocenters. The van der Waals surface area contributed by atoms with Crippen LogP contribution in [0, 0.1) is 0 Å². The Balaban J connectivity index is 2.27. The highest BCUT2D eigenvalue weighted by molar-refractivity contribution is 5.67. The molecule has 0 amide bonds. The van der Waals surface area contributed by atoms with Gasteiger partial charge in [0.2, 0.25) is 0 Å². The molecule has 1 aromatic heterocycles. The predicted molar refractivity (Wildman–Crippen MR) is 67.9 cm³/mol. The third-order valence-electron chi connectivity index (χ3n) is 3.73. The Morgan fingerprint density at radius 1 is 1.44 bits per heavy atom. The van der Waals surface area contributed by atoms with Crippen LogP contribution in [0.15, 0.2) is 4.79 Å². The lowest BCUT2D eigenvalue weighted by atomic mass is 10.1. The number of carboxylic acids is 1. The first-order chi connectivity index (χ1) is 8.63. The summed E-state index contributed by atoms with van der Waals surface area (Å²) in [6.07, 6.45) is 5.51. The quantitative estimate of drug-likeness (QED) is 0.840. The number of nitrogens with zero attached hydrogens (tertiary/aromatic N) is 1. The van der Waals surface area contributed by atoms with Crippen LogP contribution in [-0.4, -0.2) is 20.9 Å². The van der Waals surface area contributed by atoms with Gasteiger partial charge in [0.1, 0.15) is 0 Å². The third kappa shape index (κ3) is 2.49. The van der Waals surface area contributed by atoms with E-state index in [-0.39, 0.29) is 18.0 Å².